The molecule has 2 aromatic carbocycles. The maximum Gasteiger partial charge on any atom is 0.191 e. The lowest BCUT2D eigenvalue weighted by atomic mass is 10.1. The fraction of sp³-hybridized carbons (Fsp3) is 0.458. The summed E-state index contributed by atoms with van der Waals surface area (Å²) in [5.74, 6) is 2.50. The Hall–Kier alpha value is -2.00. The Morgan fingerprint density at radius 2 is 1.71 bits per heavy atom. The van der Waals surface area contributed by atoms with Gasteiger partial charge >= 0.3 is 0 Å². The van der Waals surface area contributed by atoms with Crippen LogP contribution in [-0.2, 0) is 13.1 Å². The highest BCUT2D eigenvalue weighted by Gasteiger charge is 2.14. The molecule has 0 aromatic heterocycles. The lowest BCUT2D eigenvalue weighted by Gasteiger charge is -2.23. The molecule has 2 N–H and O–H groups in total. The second kappa shape index (κ2) is 13.4. The predicted molar refractivity (Wildman–Crippen MR) is 140 cm³/mol. The predicted octanol–water partition coefficient (Wildman–Crippen LogP) is 4.29. The molecule has 0 bridgehead atoms. The summed E-state index contributed by atoms with van der Waals surface area (Å²) in [6, 6.07) is 16.2. The monoisotopic (exact) mass is 540 g/mol. The number of aliphatic imine (C=N–C) groups is 1. The SMILES string of the molecule is CN=C(NCc1cccc(OCCN(C)C)c1)NCc1ccccc1OC(C)(C)C.I. The second-order valence-electron chi connectivity index (χ2n) is 8.40. The molecule has 0 spiro atoms. The number of rotatable bonds is 9. The van der Waals surface area contributed by atoms with Crippen LogP contribution in [0.25, 0.3) is 0 Å². The summed E-state index contributed by atoms with van der Waals surface area (Å²) in [6.45, 7) is 9.00. The molecule has 0 heterocycles. The van der Waals surface area contributed by atoms with Gasteiger partial charge in [0.15, 0.2) is 5.96 Å². The van der Waals surface area contributed by atoms with Gasteiger partial charge in [0.2, 0.25) is 0 Å². The first-order valence-corrected chi connectivity index (χ1v) is 10.3. The van der Waals surface area contributed by atoms with Gasteiger partial charge in [0, 0.05) is 32.2 Å². The molecular weight excluding hydrogens is 503 g/mol. The van der Waals surface area contributed by atoms with E-state index in [1.807, 2.05) is 44.4 Å². The summed E-state index contributed by atoms with van der Waals surface area (Å²) < 4.78 is 11.9. The van der Waals surface area contributed by atoms with Crippen molar-refractivity contribution in [2.75, 3.05) is 34.3 Å². The lowest BCUT2D eigenvalue weighted by molar-refractivity contribution is 0.129. The normalized spacial score (nSPS) is 11.6. The van der Waals surface area contributed by atoms with Gasteiger partial charge in [0.1, 0.15) is 23.7 Å². The Bertz CT molecular complexity index is 819. The van der Waals surface area contributed by atoms with Crippen molar-refractivity contribution in [2.24, 2.45) is 4.99 Å². The summed E-state index contributed by atoms with van der Waals surface area (Å²) in [5, 5.41) is 6.73. The molecule has 0 atom stereocenters. The van der Waals surface area contributed by atoms with E-state index in [9.17, 15) is 0 Å². The maximum atomic E-state index is 6.07. The summed E-state index contributed by atoms with van der Waals surface area (Å²) in [7, 11) is 5.85. The number of guanidine groups is 1. The molecule has 172 valence electrons. The van der Waals surface area contributed by atoms with Crippen LogP contribution < -0.4 is 20.1 Å². The van der Waals surface area contributed by atoms with Crippen molar-refractivity contribution in [3.05, 3.63) is 59.7 Å². The van der Waals surface area contributed by atoms with Crippen molar-refractivity contribution in [3.63, 3.8) is 0 Å². The van der Waals surface area contributed by atoms with Gasteiger partial charge < -0.3 is 25.0 Å². The van der Waals surface area contributed by atoms with Gasteiger partial charge in [0.05, 0.1) is 0 Å². The molecule has 0 radical (unpaired) electrons. The Morgan fingerprint density at radius 3 is 2.39 bits per heavy atom. The average Bonchev–Trinajstić information content (AvgIpc) is 2.68. The first kappa shape index (κ1) is 27.0. The molecule has 0 saturated carbocycles. The van der Waals surface area contributed by atoms with Gasteiger partial charge in [-0.2, -0.15) is 0 Å². The summed E-state index contributed by atoms with van der Waals surface area (Å²) in [4.78, 5) is 6.43. The zero-order valence-electron chi connectivity index (χ0n) is 19.6. The third-order valence-electron chi connectivity index (χ3n) is 4.22. The number of likely N-dealkylation sites (N-methyl/N-ethyl adjacent to an activating group) is 1. The first-order chi connectivity index (χ1) is 14.3. The summed E-state index contributed by atoms with van der Waals surface area (Å²) in [6.07, 6.45) is 0. The van der Waals surface area contributed by atoms with E-state index in [4.69, 9.17) is 9.47 Å². The highest BCUT2D eigenvalue weighted by molar-refractivity contribution is 14.0. The van der Waals surface area contributed by atoms with E-state index < -0.39 is 0 Å². The minimum absolute atomic E-state index is 0. The van der Waals surface area contributed by atoms with Crippen molar-refractivity contribution in [1.82, 2.24) is 15.5 Å². The Kier molecular flexibility index (Phi) is 11.7. The van der Waals surface area contributed by atoms with Crippen LogP contribution in [0.2, 0.25) is 0 Å². The largest absolute Gasteiger partial charge is 0.492 e. The van der Waals surface area contributed by atoms with Gasteiger partial charge in [-0.3, -0.25) is 4.99 Å². The van der Waals surface area contributed by atoms with Gasteiger partial charge in [-0.25, -0.2) is 0 Å². The van der Waals surface area contributed by atoms with Crippen LogP contribution in [0.1, 0.15) is 31.9 Å². The van der Waals surface area contributed by atoms with Crippen LogP contribution in [-0.4, -0.2) is 50.8 Å². The highest BCUT2D eigenvalue weighted by Crippen LogP contribution is 2.22. The number of hydrogen-bond donors (Lipinski definition) is 2. The van der Waals surface area contributed by atoms with E-state index in [0.29, 0.717) is 19.7 Å². The zero-order chi connectivity index (χ0) is 22.0. The topological polar surface area (TPSA) is 58.1 Å². The Labute approximate surface area is 204 Å². The minimum Gasteiger partial charge on any atom is -0.492 e. The molecule has 2 rings (SSSR count). The third-order valence-corrected chi connectivity index (χ3v) is 4.22. The Morgan fingerprint density at radius 1 is 1.00 bits per heavy atom. The van der Waals surface area contributed by atoms with Crippen molar-refractivity contribution in [3.8, 4) is 11.5 Å². The number of ether oxygens (including phenoxy) is 2. The number of nitrogens with zero attached hydrogens (tertiary/aromatic N) is 2. The molecule has 0 fully saturated rings. The molecule has 0 unspecified atom stereocenters. The molecule has 0 aliphatic heterocycles. The Balaban J connectivity index is 0.00000480. The second-order valence-corrected chi connectivity index (χ2v) is 8.40. The summed E-state index contributed by atoms with van der Waals surface area (Å²) >= 11 is 0. The number of halogens is 1. The maximum absolute atomic E-state index is 6.07. The van der Waals surface area contributed by atoms with Crippen molar-refractivity contribution in [1.29, 1.82) is 0 Å². The van der Waals surface area contributed by atoms with Crippen molar-refractivity contribution in [2.45, 2.75) is 39.5 Å². The van der Waals surface area contributed by atoms with E-state index in [-0.39, 0.29) is 29.6 Å². The fourth-order valence-electron chi connectivity index (χ4n) is 2.76. The van der Waals surface area contributed by atoms with Crippen LogP contribution in [0.5, 0.6) is 11.5 Å². The first-order valence-electron chi connectivity index (χ1n) is 10.3. The van der Waals surface area contributed by atoms with Gasteiger partial charge in [0.25, 0.3) is 0 Å². The van der Waals surface area contributed by atoms with Crippen LogP contribution in [0.15, 0.2) is 53.5 Å². The quantitative estimate of drug-likeness (QED) is 0.283. The van der Waals surface area contributed by atoms with Crippen LogP contribution >= 0.6 is 24.0 Å². The zero-order valence-corrected chi connectivity index (χ0v) is 21.9. The molecular formula is C24H37IN4O2. The number of benzene rings is 2. The van der Waals surface area contributed by atoms with Crippen molar-refractivity contribution < 1.29 is 9.47 Å². The molecule has 0 amide bonds. The number of para-hydroxylation sites is 1. The van der Waals surface area contributed by atoms with Crippen LogP contribution in [0, 0.1) is 0 Å². The van der Waals surface area contributed by atoms with E-state index in [1.54, 1.807) is 7.05 Å². The lowest BCUT2D eigenvalue weighted by Crippen LogP contribution is -2.36. The molecule has 0 saturated heterocycles. The third kappa shape index (κ3) is 10.7. The van der Waals surface area contributed by atoms with E-state index in [1.165, 1.54) is 0 Å². The molecule has 2 aromatic rings. The van der Waals surface area contributed by atoms with Gasteiger partial charge in [-0.05, 0) is 58.6 Å². The minimum atomic E-state index is -0.240. The number of hydrogen-bond acceptors (Lipinski definition) is 4. The van der Waals surface area contributed by atoms with E-state index in [0.717, 1.165) is 35.1 Å². The van der Waals surface area contributed by atoms with Gasteiger partial charge in [-0.15, -0.1) is 24.0 Å². The van der Waals surface area contributed by atoms with E-state index in [2.05, 4.69) is 59.5 Å². The highest BCUT2D eigenvalue weighted by atomic mass is 127. The molecule has 0 aliphatic carbocycles. The standard InChI is InChI=1S/C24H36N4O2.HI/c1-24(2,3)30-22-13-8-7-11-20(22)18-27-23(25-4)26-17-19-10-9-12-21(16-19)29-15-14-28(5)6;/h7-13,16H,14-15,17-18H2,1-6H3,(H2,25,26,27);1H. The van der Waals surface area contributed by atoms with Crippen LogP contribution in [0.3, 0.4) is 0 Å². The molecule has 0 aliphatic rings. The molecule has 6 nitrogen and oxygen atoms in total. The summed E-state index contributed by atoms with van der Waals surface area (Å²) in [5.41, 5.74) is 1.98. The average molecular weight is 540 g/mol. The van der Waals surface area contributed by atoms with Crippen LogP contribution in [0.4, 0.5) is 0 Å². The smallest absolute Gasteiger partial charge is 0.191 e. The molecule has 31 heavy (non-hydrogen) atoms. The fourth-order valence-corrected chi connectivity index (χ4v) is 2.76. The van der Waals surface area contributed by atoms with Crippen molar-refractivity contribution >= 4 is 29.9 Å². The number of nitrogens with one attached hydrogen (secondary N) is 2. The van der Waals surface area contributed by atoms with Gasteiger partial charge in [-0.1, -0.05) is 30.3 Å². The molecule has 7 heteroatoms. The van der Waals surface area contributed by atoms with E-state index >= 15 is 0 Å².